The molecule has 0 fully saturated rings. The molecule has 1 aliphatic rings. The van der Waals surface area contributed by atoms with E-state index in [1.807, 2.05) is 0 Å². The zero-order valence-corrected chi connectivity index (χ0v) is 12.7. The lowest BCUT2D eigenvalue weighted by atomic mass is 9.87. The number of hydrogen-bond donors (Lipinski definition) is 2. The fraction of sp³-hybridized carbons (Fsp3) is 0.188. The van der Waals surface area contributed by atoms with Gasteiger partial charge < -0.3 is 10.3 Å². The predicted octanol–water partition coefficient (Wildman–Crippen LogP) is 2.50. The van der Waals surface area contributed by atoms with Crippen molar-refractivity contribution in [2.24, 2.45) is 12.8 Å². The van der Waals surface area contributed by atoms with E-state index in [1.54, 1.807) is 36.4 Å². The number of nitriles is 1. The molecule has 0 spiro atoms. The van der Waals surface area contributed by atoms with Crippen LogP contribution in [0.2, 0.25) is 0 Å². The molecular formula is C16H14F3N5. The van der Waals surface area contributed by atoms with Gasteiger partial charge in [0, 0.05) is 13.2 Å². The Bertz CT molecular complexity index is 831. The first-order valence-corrected chi connectivity index (χ1v) is 7.05. The molecule has 5 nitrogen and oxygen atoms in total. The summed E-state index contributed by atoms with van der Waals surface area (Å²) in [7, 11) is 1.49. The van der Waals surface area contributed by atoms with Gasteiger partial charge in [-0.1, -0.05) is 18.2 Å². The molecule has 24 heavy (non-hydrogen) atoms. The number of alkyl halides is 3. The second kappa shape index (κ2) is 5.32. The van der Waals surface area contributed by atoms with Gasteiger partial charge in [-0.3, -0.25) is 5.01 Å². The Morgan fingerprint density at radius 2 is 1.83 bits per heavy atom. The third-order valence-electron chi connectivity index (χ3n) is 4.03. The van der Waals surface area contributed by atoms with Crippen molar-refractivity contribution in [1.82, 2.24) is 9.99 Å². The van der Waals surface area contributed by atoms with Crippen LogP contribution in [0, 0.1) is 11.3 Å². The van der Waals surface area contributed by atoms with Crippen molar-refractivity contribution in [3.05, 3.63) is 65.7 Å². The Morgan fingerprint density at radius 3 is 2.33 bits per heavy atom. The molecule has 124 valence electrons. The molecular weight excluding hydrogens is 319 g/mol. The molecule has 2 aromatic rings. The van der Waals surface area contributed by atoms with Crippen LogP contribution in [0.15, 0.2) is 60.1 Å². The molecule has 0 bridgehead atoms. The lowest BCUT2D eigenvalue weighted by molar-refractivity contribution is -0.186. The van der Waals surface area contributed by atoms with E-state index in [4.69, 9.17) is 5.73 Å². The van der Waals surface area contributed by atoms with E-state index in [-0.39, 0.29) is 11.5 Å². The standard InChI is InChI=1S/C16H14F3N5/c1-23-9-5-8-13(23)15(16(17,18)19)12(10-20)14(21)24(22-15)11-6-3-2-4-7-11/h2-9,22H,21H2,1H3. The highest BCUT2D eigenvalue weighted by Crippen LogP contribution is 2.48. The van der Waals surface area contributed by atoms with Gasteiger partial charge in [-0.25, -0.2) is 5.43 Å². The average Bonchev–Trinajstić information content (AvgIpc) is 3.09. The number of anilines is 1. The first kappa shape index (κ1) is 16.0. The van der Waals surface area contributed by atoms with Gasteiger partial charge in [0.1, 0.15) is 17.5 Å². The molecule has 1 aliphatic heterocycles. The maximum absolute atomic E-state index is 14.1. The van der Waals surface area contributed by atoms with Crippen LogP contribution in [0.25, 0.3) is 0 Å². The predicted molar refractivity (Wildman–Crippen MR) is 82.0 cm³/mol. The minimum atomic E-state index is -4.78. The molecule has 1 atom stereocenters. The Kier molecular flexibility index (Phi) is 3.53. The Morgan fingerprint density at radius 1 is 1.17 bits per heavy atom. The normalized spacial score (nSPS) is 21.2. The van der Waals surface area contributed by atoms with Gasteiger partial charge in [0.05, 0.1) is 11.4 Å². The van der Waals surface area contributed by atoms with Crippen LogP contribution in [0.5, 0.6) is 0 Å². The van der Waals surface area contributed by atoms with Crippen molar-refractivity contribution in [1.29, 1.82) is 5.26 Å². The Labute approximate surface area is 136 Å². The average molecular weight is 333 g/mol. The highest BCUT2D eigenvalue weighted by Gasteiger charge is 2.65. The number of nitrogens with one attached hydrogen (secondary N) is 1. The molecule has 0 aliphatic carbocycles. The first-order valence-electron chi connectivity index (χ1n) is 7.05. The van der Waals surface area contributed by atoms with Crippen LogP contribution >= 0.6 is 0 Å². The van der Waals surface area contributed by atoms with E-state index in [2.05, 4.69) is 5.43 Å². The summed E-state index contributed by atoms with van der Waals surface area (Å²) < 4.78 is 43.7. The topological polar surface area (TPSA) is 70.0 Å². The summed E-state index contributed by atoms with van der Waals surface area (Å²) >= 11 is 0. The number of aromatic nitrogens is 1. The zero-order valence-electron chi connectivity index (χ0n) is 12.7. The van der Waals surface area contributed by atoms with Crippen LogP contribution in [0.3, 0.4) is 0 Å². The summed E-state index contributed by atoms with van der Waals surface area (Å²) in [5.41, 5.74) is 5.32. The van der Waals surface area contributed by atoms with Gasteiger partial charge in [-0.2, -0.15) is 18.4 Å². The molecule has 1 unspecified atom stereocenters. The molecule has 1 aromatic carbocycles. The van der Waals surface area contributed by atoms with Gasteiger partial charge in [0.15, 0.2) is 0 Å². The Balaban J connectivity index is 2.25. The van der Waals surface area contributed by atoms with Crippen molar-refractivity contribution in [2.75, 3.05) is 5.01 Å². The fourth-order valence-corrected chi connectivity index (χ4v) is 2.90. The van der Waals surface area contributed by atoms with Gasteiger partial charge in [-0.05, 0) is 24.3 Å². The number of hydrogen-bond acceptors (Lipinski definition) is 4. The van der Waals surface area contributed by atoms with Gasteiger partial charge in [0.2, 0.25) is 5.54 Å². The number of rotatable bonds is 2. The van der Waals surface area contributed by atoms with Crippen molar-refractivity contribution in [2.45, 2.75) is 11.7 Å². The molecule has 0 amide bonds. The third-order valence-corrected chi connectivity index (χ3v) is 4.03. The summed E-state index contributed by atoms with van der Waals surface area (Å²) in [6.07, 6.45) is -3.29. The monoisotopic (exact) mass is 333 g/mol. The molecule has 2 heterocycles. The number of hydrazine groups is 1. The maximum Gasteiger partial charge on any atom is 0.419 e. The van der Waals surface area contributed by atoms with Crippen molar-refractivity contribution in [3.63, 3.8) is 0 Å². The van der Waals surface area contributed by atoms with E-state index in [9.17, 15) is 18.4 Å². The molecule has 0 radical (unpaired) electrons. The van der Waals surface area contributed by atoms with Crippen molar-refractivity contribution in [3.8, 4) is 6.07 Å². The summed E-state index contributed by atoms with van der Waals surface area (Å²) in [5, 5.41) is 10.5. The van der Waals surface area contributed by atoms with Crippen molar-refractivity contribution >= 4 is 5.69 Å². The largest absolute Gasteiger partial charge is 0.419 e. The van der Waals surface area contributed by atoms with Crippen molar-refractivity contribution < 1.29 is 13.2 Å². The highest BCUT2D eigenvalue weighted by molar-refractivity contribution is 5.60. The lowest BCUT2D eigenvalue weighted by Crippen LogP contribution is -2.56. The van der Waals surface area contributed by atoms with E-state index >= 15 is 0 Å². The minimum Gasteiger partial charge on any atom is -0.383 e. The lowest BCUT2D eigenvalue weighted by Gasteiger charge is -2.34. The first-order chi connectivity index (χ1) is 11.3. The van der Waals surface area contributed by atoms with Gasteiger partial charge in [-0.15, -0.1) is 0 Å². The van der Waals surface area contributed by atoms with Crippen LogP contribution in [0.1, 0.15) is 5.69 Å². The fourth-order valence-electron chi connectivity index (χ4n) is 2.90. The van der Waals surface area contributed by atoms with Gasteiger partial charge >= 0.3 is 6.18 Å². The summed E-state index contributed by atoms with van der Waals surface area (Å²) in [4.78, 5) is 0. The highest BCUT2D eigenvalue weighted by atomic mass is 19.4. The second-order valence-corrected chi connectivity index (χ2v) is 5.41. The number of benzene rings is 1. The Hall–Kier alpha value is -2.92. The van der Waals surface area contributed by atoms with Gasteiger partial charge in [0.25, 0.3) is 0 Å². The smallest absolute Gasteiger partial charge is 0.383 e. The summed E-state index contributed by atoms with van der Waals surface area (Å²) in [6, 6.07) is 12.7. The molecule has 0 saturated carbocycles. The molecule has 3 N–H and O–H groups in total. The zero-order chi connectivity index (χ0) is 17.5. The summed E-state index contributed by atoms with van der Waals surface area (Å²) in [6.45, 7) is 0. The third kappa shape index (κ3) is 2.06. The quantitative estimate of drug-likeness (QED) is 0.886. The van der Waals surface area contributed by atoms with Crippen LogP contribution < -0.4 is 16.2 Å². The SMILES string of the molecule is Cn1cccc1C1(C(F)(F)F)NN(c2ccccc2)C(N)=C1C#N. The molecule has 3 rings (SSSR count). The van der Waals surface area contributed by atoms with Crippen LogP contribution in [-0.2, 0) is 12.6 Å². The molecule has 8 heteroatoms. The second-order valence-electron chi connectivity index (χ2n) is 5.41. The van der Waals surface area contributed by atoms with Crippen LogP contribution in [-0.4, -0.2) is 10.7 Å². The summed E-state index contributed by atoms with van der Waals surface area (Å²) in [5.74, 6) is -0.276. The van der Waals surface area contributed by atoms with E-state index < -0.39 is 17.3 Å². The number of nitrogens with two attached hydrogens (primary N) is 1. The number of nitrogens with zero attached hydrogens (tertiary/aromatic N) is 3. The van der Waals surface area contributed by atoms with E-state index in [1.165, 1.54) is 29.9 Å². The molecule has 1 aromatic heterocycles. The van der Waals surface area contributed by atoms with E-state index in [0.29, 0.717) is 5.69 Å². The maximum atomic E-state index is 14.1. The number of halogens is 3. The van der Waals surface area contributed by atoms with Crippen LogP contribution in [0.4, 0.5) is 18.9 Å². The number of aryl methyl sites for hydroxylation is 1. The van der Waals surface area contributed by atoms with E-state index in [0.717, 1.165) is 5.01 Å². The minimum absolute atomic E-state index is 0.118. The molecule has 0 saturated heterocycles. The number of para-hydroxylation sites is 1.